The second kappa shape index (κ2) is 10.6. The summed E-state index contributed by atoms with van der Waals surface area (Å²) in [6, 6.07) is 23.4. The molecule has 0 aliphatic heterocycles. The summed E-state index contributed by atoms with van der Waals surface area (Å²) >= 11 is 0. The van der Waals surface area contributed by atoms with E-state index in [4.69, 9.17) is 9.47 Å². The van der Waals surface area contributed by atoms with Crippen molar-refractivity contribution in [2.45, 2.75) is 13.0 Å². The van der Waals surface area contributed by atoms with Crippen LogP contribution in [0.1, 0.15) is 11.1 Å². The predicted octanol–water partition coefficient (Wildman–Crippen LogP) is 3.91. The lowest BCUT2D eigenvalue weighted by molar-refractivity contribution is -0.384. The Morgan fingerprint density at radius 3 is 2.37 bits per heavy atom. The fraction of sp³-hybridized carbons (Fsp3) is 0.174. The van der Waals surface area contributed by atoms with Gasteiger partial charge >= 0.3 is 0 Å². The Morgan fingerprint density at radius 2 is 1.63 bits per heavy atom. The maximum absolute atomic E-state index is 11.9. The predicted molar refractivity (Wildman–Crippen MR) is 113 cm³/mol. The number of amides is 1. The first-order chi connectivity index (χ1) is 14.6. The van der Waals surface area contributed by atoms with Crippen LogP contribution in [0.5, 0.6) is 11.5 Å². The van der Waals surface area contributed by atoms with Crippen molar-refractivity contribution in [1.29, 1.82) is 0 Å². The third-order valence-electron chi connectivity index (χ3n) is 4.31. The largest absolute Gasteiger partial charge is 0.489 e. The summed E-state index contributed by atoms with van der Waals surface area (Å²) in [6.45, 7) is 0.773. The monoisotopic (exact) mass is 406 g/mol. The Hall–Kier alpha value is -3.87. The average Bonchev–Trinajstić information content (AvgIpc) is 2.78. The highest BCUT2D eigenvalue weighted by Gasteiger charge is 2.08. The molecular weight excluding hydrogens is 384 g/mol. The number of carbonyl (C=O) groups is 1. The van der Waals surface area contributed by atoms with Gasteiger partial charge in [-0.2, -0.15) is 0 Å². The Morgan fingerprint density at radius 1 is 0.867 bits per heavy atom. The maximum Gasteiger partial charge on any atom is 0.273 e. The van der Waals surface area contributed by atoms with Crippen molar-refractivity contribution in [2.75, 3.05) is 13.2 Å². The highest BCUT2D eigenvalue weighted by atomic mass is 16.6. The molecule has 1 amide bonds. The van der Waals surface area contributed by atoms with Crippen LogP contribution in [0.25, 0.3) is 0 Å². The van der Waals surface area contributed by atoms with Gasteiger partial charge < -0.3 is 14.8 Å². The van der Waals surface area contributed by atoms with E-state index < -0.39 is 4.92 Å². The number of nitro benzene ring substituents is 1. The minimum absolute atomic E-state index is 0.0795. The molecule has 0 aliphatic carbocycles. The first-order valence-electron chi connectivity index (χ1n) is 9.50. The van der Waals surface area contributed by atoms with Crippen LogP contribution in [0.4, 0.5) is 5.69 Å². The molecule has 30 heavy (non-hydrogen) atoms. The van der Waals surface area contributed by atoms with E-state index in [1.54, 1.807) is 6.07 Å². The third kappa shape index (κ3) is 6.63. The molecule has 154 valence electrons. The van der Waals surface area contributed by atoms with Gasteiger partial charge in [-0.05, 0) is 35.7 Å². The molecular formula is C23H22N2O5. The van der Waals surface area contributed by atoms with Gasteiger partial charge in [0, 0.05) is 12.6 Å². The van der Waals surface area contributed by atoms with E-state index in [9.17, 15) is 14.9 Å². The molecule has 0 aromatic heterocycles. The lowest BCUT2D eigenvalue weighted by atomic mass is 10.1. The average molecular weight is 406 g/mol. The standard InChI is InChI=1S/C23H22N2O5/c26-23(17-30-22-8-4-7-20(15-22)25(27)28)24-14-13-18-9-11-21(12-10-18)29-16-19-5-2-1-3-6-19/h1-12,15H,13-14,16-17H2,(H,24,26). The van der Waals surface area contributed by atoms with Gasteiger partial charge in [-0.1, -0.05) is 48.5 Å². The van der Waals surface area contributed by atoms with Crippen molar-refractivity contribution in [3.8, 4) is 11.5 Å². The highest BCUT2D eigenvalue weighted by molar-refractivity contribution is 5.77. The molecule has 7 nitrogen and oxygen atoms in total. The minimum Gasteiger partial charge on any atom is -0.489 e. The van der Waals surface area contributed by atoms with Gasteiger partial charge in [-0.15, -0.1) is 0 Å². The van der Waals surface area contributed by atoms with Gasteiger partial charge in [0.15, 0.2) is 6.61 Å². The molecule has 0 saturated heterocycles. The lowest BCUT2D eigenvalue weighted by Gasteiger charge is -2.09. The van der Waals surface area contributed by atoms with Crippen LogP contribution in [0, 0.1) is 10.1 Å². The van der Waals surface area contributed by atoms with E-state index in [1.807, 2.05) is 54.6 Å². The number of nitro groups is 1. The second-order valence-electron chi connectivity index (χ2n) is 6.56. The summed E-state index contributed by atoms with van der Waals surface area (Å²) in [6.07, 6.45) is 0.668. The zero-order valence-electron chi connectivity index (χ0n) is 16.3. The number of carbonyl (C=O) groups excluding carboxylic acids is 1. The van der Waals surface area contributed by atoms with Gasteiger partial charge in [0.05, 0.1) is 11.0 Å². The van der Waals surface area contributed by atoms with E-state index in [1.165, 1.54) is 18.2 Å². The van der Waals surface area contributed by atoms with Gasteiger partial charge in [-0.25, -0.2) is 0 Å². The minimum atomic E-state index is -0.509. The van der Waals surface area contributed by atoms with Crippen molar-refractivity contribution < 1.29 is 19.2 Å². The molecule has 0 spiro atoms. The number of nitrogens with one attached hydrogen (secondary N) is 1. The first-order valence-corrected chi connectivity index (χ1v) is 9.50. The SMILES string of the molecule is O=C(COc1cccc([N+](=O)[O-])c1)NCCc1ccc(OCc2ccccc2)cc1. The quantitative estimate of drug-likeness (QED) is 0.407. The molecule has 0 bridgehead atoms. The van der Waals surface area contributed by atoms with Gasteiger partial charge in [-0.3, -0.25) is 14.9 Å². The summed E-state index contributed by atoms with van der Waals surface area (Å²) in [5.74, 6) is 0.784. The van der Waals surface area contributed by atoms with E-state index >= 15 is 0 Å². The number of nitrogens with zero attached hydrogens (tertiary/aromatic N) is 1. The number of ether oxygens (including phenoxy) is 2. The highest BCUT2D eigenvalue weighted by Crippen LogP contribution is 2.19. The molecule has 0 aliphatic rings. The molecule has 0 saturated carbocycles. The number of hydrogen-bond donors (Lipinski definition) is 1. The van der Waals surface area contributed by atoms with E-state index in [-0.39, 0.29) is 24.0 Å². The number of rotatable bonds is 10. The molecule has 0 fully saturated rings. The lowest BCUT2D eigenvalue weighted by Crippen LogP contribution is -2.30. The van der Waals surface area contributed by atoms with Crippen LogP contribution in [0.3, 0.4) is 0 Å². The summed E-state index contributed by atoms with van der Waals surface area (Å²) in [5, 5.41) is 13.5. The van der Waals surface area contributed by atoms with Crippen molar-refractivity contribution >= 4 is 11.6 Å². The van der Waals surface area contributed by atoms with Crippen LogP contribution < -0.4 is 14.8 Å². The van der Waals surface area contributed by atoms with Crippen molar-refractivity contribution in [3.05, 3.63) is 100 Å². The van der Waals surface area contributed by atoms with Gasteiger partial charge in [0.1, 0.15) is 18.1 Å². The fourth-order valence-electron chi connectivity index (χ4n) is 2.73. The van der Waals surface area contributed by atoms with Gasteiger partial charge in [0.25, 0.3) is 11.6 Å². The molecule has 0 radical (unpaired) electrons. The second-order valence-corrected chi connectivity index (χ2v) is 6.56. The van der Waals surface area contributed by atoms with Crippen LogP contribution in [0.2, 0.25) is 0 Å². The van der Waals surface area contributed by atoms with Crippen LogP contribution in [-0.2, 0) is 17.8 Å². The molecule has 0 heterocycles. The number of benzene rings is 3. The topological polar surface area (TPSA) is 90.7 Å². The fourth-order valence-corrected chi connectivity index (χ4v) is 2.73. The molecule has 3 aromatic rings. The normalized spacial score (nSPS) is 10.3. The first kappa shape index (κ1) is 20.9. The Balaban J connectivity index is 1.37. The van der Waals surface area contributed by atoms with Crippen LogP contribution in [-0.4, -0.2) is 24.0 Å². The third-order valence-corrected chi connectivity index (χ3v) is 4.31. The van der Waals surface area contributed by atoms with Crippen LogP contribution >= 0.6 is 0 Å². The van der Waals surface area contributed by atoms with Crippen molar-refractivity contribution in [2.24, 2.45) is 0 Å². The molecule has 7 heteroatoms. The smallest absolute Gasteiger partial charge is 0.273 e. The van der Waals surface area contributed by atoms with Crippen molar-refractivity contribution in [1.82, 2.24) is 5.32 Å². The number of hydrogen-bond acceptors (Lipinski definition) is 5. The summed E-state index contributed by atoms with van der Waals surface area (Å²) < 4.78 is 11.1. The van der Waals surface area contributed by atoms with Crippen LogP contribution in [0.15, 0.2) is 78.9 Å². The van der Waals surface area contributed by atoms with Crippen molar-refractivity contribution in [3.63, 3.8) is 0 Å². The van der Waals surface area contributed by atoms with E-state index in [0.29, 0.717) is 19.6 Å². The Bertz CT molecular complexity index is 974. The Kier molecular flexibility index (Phi) is 7.38. The molecule has 3 rings (SSSR count). The number of non-ortho nitro benzene ring substituents is 1. The molecule has 0 unspecified atom stereocenters. The Labute approximate surface area is 174 Å². The molecule has 3 aromatic carbocycles. The van der Waals surface area contributed by atoms with E-state index in [2.05, 4.69) is 5.32 Å². The van der Waals surface area contributed by atoms with Gasteiger partial charge in [0.2, 0.25) is 0 Å². The summed E-state index contributed by atoms with van der Waals surface area (Å²) in [4.78, 5) is 22.2. The molecule has 1 N–H and O–H groups in total. The maximum atomic E-state index is 11.9. The molecule has 0 atom stereocenters. The zero-order valence-corrected chi connectivity index (χ0v) is 16.3. The summed E-state index contributed by atoms with van der Waals surface area (Å²) in [7, 11) is 0. The van der Waals surface area contributed by atoms with E-state index in [0.717, 1.165) is 16.9 Å². The zero-order chi connectivity index (χ0) is 21.2. The summed E-state index contributed by atoms with van der Waals surface area (Å²) in [5.41, 5.74) is 2.10.